The summed E-state index contributed by atoms with van der Waals surface area (Å²) < 4.78 is 37.5. The van der Waals surface area contributed by atoms with Gasteiger partial charge in [0.1, 0.15) is 6.61 Å². The fourth-order valence-corrected chi connectivity index (χ4v) is 0.216. The van der Waals surface area contributed by atoms with E-state index in [1.165, 1.54) is 0 Å². The first-order valence-corrected chi connectivity index (χ1v) is 2.33. The van der Waals surface area contributed by atoms with Crippen LogP contribution in [0.25, 0.3) is 0 Å². The minimum absolute atomic E-state index is 0. The Bertz CT molecular complexity index is 143. The Balaban J connectivity index is 0. The number of alkyl halides is 3. The normalized spacial score (nSPS) is 9.73. The van der Waals surface area contributed by atoms with Crippen LogP contribution in [0.2, 0.25) is 0 Å². The van der Waals surface area contributed by atoms with Crippen molar-refractivity contribution in [3.63, 3.8) is 0 Å². The van der Waals surface area contributed by atoms with Gasteiger partial charge in [-0.1, -0.05) is 12.7 Å². The number of hydrogen-bond acceptors (Lipinski definition) is 2. The number of hydrogen-bond donors (Lipinski definition) is 0. The second kappa shape index (κ2) is 5.18. The molecule has 0 heterocycles. The quantitative estimate of drug-likeness (QED) is 0.392. The molecule has 0 amide bonds. The Morgan fingerprint density at radius 1 is 1.55 bits per heavy atom. The molecule has 0 aliphatic rings. The molecule has 0 saturated heterocycles. The average Bonchev–Trinajstić information content (AvgIpc) is 1.80. The molecule has 11 heavy (non-hydrogen) atoms. The topological polar surface area (TPSA) is 26.3 Å². The maximum absolute atomic E-state index is 11.3. The van der Waals surface area contributed by atoms with E-state index < -0.39 is 18.8 Å². The van der Waals surface area contributed by atoms with Gasteiger partial charge in [-0.2, -0.15) is 13.2 Å². The smallest absolute Gasteiger partial charge is 0.455 e. The number of rotatable bonds is 2. The molecule has 68 valence electrons. The van der Waals surface area contributed by atoms with Crippen LogP contribution < -0.4 is 0 Å². The van der Waals surface area contributed by atoms with Gasteiger partial charge in [0.25, 0.3) is 0 Å². The van der Waals surface area contributed by atoms with Crippen molar-refractivity contribution < 1.29 is 39.2 Å². The van der Waals surface area contributed by atoms with Crippen LogP contribution in [0.4, 0.5) is 13.2 Å². The van der Waals surface area contributed by atoms with Crippen LogP contribution in [-0.4, -0.2) is 18.8 Å². The number of carbonyl (C=O) groups excluding carboxylic acids is 1. The maximum Gasteiger partial charge on any atom is 0.490 e. The maximum atomic E-state index is 11.3. The molecule has 0 aliphatic carbocycles. The zero-order valence-electron chi connectivity index (χ0n) is 5.26. The third kappa shape index (κ3) is 5.91. The van der Waals surface area contributed by atoms with Gasteiger partial charge in [0, 0.05) is 16.5 Å². The first kappa shape index (κ1) is 13.1. The molecule has 2 nitrogen and oxygen atoms in total. The molecule has 0 fully saturated rings. The van der Waals surface area contributed by atoms with Crippen LogP contribution in [0.5, 0.6) is 0 Å². The van der Waals surface area contributed by atoms with Crippen LogP contribution in [0, 0.1) is 0 Å². The van der Waals surface area contributed by atoms with Crippen LogP contribution in [0.3, 0.4) is 0 Å². The van der Waals surface area contributed by atoms with Crippen molar-refractivity contribution >= 4 is 5.97 Å². The molecule has 0 aromatic rings. The van der Waals surface area contributed by atoms with E-state index in [1.54, 1.807) is 0 Å². The van der Waals surface area contributed by atoms with Crippen LogP contribution >= 0.6 is 0 Å². The molecular formula is C5H5F3NiO2. The Morgan fingerprint density at radius 3 is 2.27 bits per heavy atom. The van der Waals surface area contributed by atoms with Gasteiger partial charge >= 0.3 is 12.1 Å². The standard InChI is InChI=1S/C5H5F3O2.Ni/c1-2-3-10-4(9)5(6,7)8;/h2H,1,3H2;. The van der Waals surface area contributed by atoms with E-state index in [1.807, 2.05) is 0 Å². The molecule has 0 aromatic carbocycles. The molecule has 0 spiro atoms. The van der Waals surface area contributed by atoms with Gasteiger partial charge in [-0.05, 0) is 0 Å². The predicted molar refractivity (Wildman–Crippen MR) is 27.2 cm³/mol. The van der Waals surface area contributed by atoms with Gasteiger partial charge in [-0.15, -0.1) is 0 Å². The van der Waals surface area contributed by atoms with Crippen molar-refractivity contribution in [1.82, 2.24) is 0 Å². The van der Waals surface area contributed by atoms with Gasteiger partial charge < -0.3 is 4.74 Å². The number of carbonyl (C=O) groups is 1. The van der Waals surface area contributed by atoms with E-state index in [0.717, 1.165) is 6.08 Å². The first-order valence-electron chi connectivity index (χ1n) is 2.33. The minimum atomic E-state index is -4.90. The van der Waals surface area contributed by atoms with Gasteiger partial charge in [0.05, 0.1) is 0 Å². The molecule has 0 atom stereocenters. The summed E-state index contributed by atoms with van der Waals surface area (Å²) in [6, 6.07) is 0. The molecule has 0 saturated carbocycles. The Hall–Kier alpha value is -0.506. The van der Waals surface area contributed by atoms with Crippen molar-refractivity contribution in [2.24, 2.45) is 0 Å². The Morgan fingerprint density at radius 2 is 2.00 bits per heavy atom. The van der Waals surface area contributed by atoms with E-state index in [4.69, 9.17) is 0 Å². The summed E-state index contributed by atoms with van der Waals surface area (Å²) in [5.74, 6) is -2.19. The average molecular weight is 213 g/mol. The Labute approximate surface area is 71.3 Å². The van der Waals surface area contributed by atoms with E-state index in [2.05, 4.69) is 11.3 Å². The van der Waals surface area contributed by atoms with E-state index in [9.17, 15) is 18.0 Å². The van der Waals surface area contributed by atoms with E-state index in [-0.39, 0.29) is 16.5 Å². The summed E-state index contributed by atoms with van der Waals surface area (Å²) >= 11 is 0. The summed E-state index contributed by atoms with van der Waals surface area (Å²) in [5, 5.41) is 0. The minimum Gasteiger partial charge on any atom is -0.455 e. The number of esters is 1. The predicted octanol–water partition coefficient (Wildman–Crippen LogP) is 1.28. The van der Waals surface area contributed by atoms with Crippen LogP contribution in [0.15, 0.2) is 12.7 Å². The summed E-state index contributed by atoms with van der Waals surface area (Å²) in [6.07, 6.45) is -3.84. The molecule has 6 heteroatoms. The second-order valence-corrected chi connectivity index (χ2v) is 1.38. The number of halogens is 3. The summed E-state index contributed by atoms with van der Waals surface area (Å²) in [5.41, 5.74) is 0. The second-order valence-electron chi connectivity index (χ2n) is 1.38. The molecule has 0 unspecified atom stereocenters. The zero-order valence-corrected chi connectivity index (χ0v) is 6.25. The molecular weight excluding hydrogens is 208 g/mol. The molecule has 0 radical (unpaired) electrons. The van der Waals surface area contributed by atoms with Crippen molar-refractivity contribution in [1.29, 1.82) is 0 Å². The van der Waals surface area contributed by atoms with Crippen molar-refractivity contribution in [3.05, 3.63) is 12.7 Å². The summed E-state index contributed by atoms with van der Waals surface area (Å²) in [7, 11) is 0. The third-order valence-electron chi connectivity index (χ3n) is 0.564. The van der Waals surface area contributed by atoms with Gasteiger partial charge in [-0.25, -0.2) is 4.79 Å². The molecule has 0 bridgehead atoms. The van der Waals surface area contributed by atoms with E-state index in [0.29, 0.717) is 0 Å². The van der Waals surface area contributed by atoms with Crippen LogP contribution in [0.1, 0.15) is 0 Å². The fourth-order valence-electron chi connectivity index (χ4n) is 0.216. The largest absolute Gasteiger partial charge is 0.490 e. The van der Waals surface area contributed by atoms with Crippen molar-refractivity contribution in [2.45, 2.75) is 6.18 Å². The summed E-state index contributed by atoms with van der Waals surface area (Å²) in [4.78, 5) is 9.83. The van der Waals surface area contributed by atoms with Gasteiger partial charge in [-0.3, -0.25) is 0 Å². The van der Waals surface area contributed by atoms with E-state index >= 15 is 0 Å². The summed E-state index contributed by atoms with van der Waals surface area (Å²) in [6.45, 7) is 2.65. The monoisotopic (exact) mass is 212 g/mol. The van der Waals surface area contributed by atoms with Gasteiger partial charge in [0.2, 0.25) is 0 Å². The zero-order chi connectivity index (χ0) is 8.20. The van der Waals surface area contributed by atoms with Gasteiger partial charge in [0.15, 0.2) is 0 Å². The molecule has 0 aliphatic heterocycles. The number of ether oxygens (including phenoxy) is 1. The molecule has 0 aromatic heterocycles. The third-order valence-corrected chi connectivity index (χ3v) is 0.564. The molecule has 0 rings (SSSR count). The Kier molecular flexibility index (Phi) is 6.18. The fraction of sp³-hybridized carbons (Fsp3) is 0.400. The van der Waals surface area contributed by atoms with Crippen molar-refractivity contribution in [3.8, 4) is 0 Å². The first-order chi connectivity index (χ1) is 4.48. The van der Waals surface area contributed by atoms with Crippen molar-refractivity contribution in [2.75, 3.05) is 6.61 Å². The molecule has 0 N–H and O–H groups in total. The SMILES string of the molecule is C=CCOC(=O)C(F)(F)F.[Ni]. The van der Waals surface area contributed by atoms with Crippen LogP contribution in [-0.2, 0) is 26.0 Å².